The average Bonchev–Trinajstić information content (AvgIpc) is 2.67. The molecule has 0 fully saturated rings. The molecule has 0 aliphatic heterocycles. The third-order valence-corrected chi connectivity index (χ3v) is 3.84. The third-order valence-electron chi connectivity index (χ3n) is 3.84. The number of hydrogen-bond donors (Lipinski definition) is 4. The first-order valence-electron chi connectivity index (χ1n) is 8.47. The Morgan fingerprint density at radius 3 is 2.48 bits per heavy atom. The summed E-state index contributed by atoms with van der Waals surface area (Å²) in [6.07, 6.45) is -2.09. The number of aromatic amines is 1. The van der Waals surface area contributed by atoms with Crippen LogP contribution in [0, 0.1) is 5.41 Å². The number of nitrogens with one attached hydrogen (secondary N) is 3. The number of carbonyl (C=O) groups is 1. The summed E-state index contributed by atoms with van der Waals surface area (Å²) in [4.78, 5) is 24.8. The van der Waals surface area contributed by atoms with Gasteiger partial charge in [0, 0.05) is 30.1 Å². The van der Waals surface area contributed by atoms with Gasteiger partial charge in [0.15, 0.2) is 0 Å². The fraction of sp³-hybridized carbons (Fsp3) is 0.211. The van der Waals surface area contributed by atoms with Crippen molar-refractivity contribution >= 4 is 12.1 Å². The molecule has 2 aromatic rings. The number of amides is 1. The maximum absolute atomic E-state index is 13.3. The SMILES string of the molecule is CCN/C=C(\C=N)COc1ccc(-c2cc(C(N)=O)c(=O)[nH]c2C(F)(F)F)cc1. The molecule has 2 rings (SSSR count). The van der Waals surface area contributed by atoms with Crippen LogP contribution in [-0.4, -0.2) is 30.3 Å². The summed E-state index contributed by atoms with van der Waals surface area (Å²) in [5.74, 6) is -0.765. The minimum atomic E-state index is -4.84. The molecule has 10 heteroatoms. The molecule has 0 atom stereocenters. The Hall–Kier alpha value is -3.56. The van der Waals surface area contributed by atoms with Gasteiger partial charge in [-0.2, -0.15) is 13.2 Å². The highest BCUT2D eigenvalue weighted by Gasteiger charge is 2.36. The van der Waals surface area contributed by atoms with Gasteiger partial charge in [-0.3, -0.25) is 9.59 Å². The molecule has 0 bridgehead atoms. The third kappa shape index (κ3) is 5.47. The molecule has 5 N–H and O–H groups in total. The van der Waals surface area contributed by atoms with Crippen LogP contribution in [0.3, 0.4) is 0 Å². The summed E-state index contributed by atoms with van der Waals surface area (Å²) in [5.41, 5.74) is 2.31. The van der Waals surface area contributed by atoms with Crippen LogP contribution in [-0.2, 0) is 6.18 Å². The Kier molecular flexibility index (Phi) is 6.81. The number of H-pyrrole nitrogens is 1. The van der Waals surface area contributed by atoms with Gasteiger partial charge < -0.3 is 26.2 Å². The van der Waals surface area contributed by atoms with E-state index in [1.165, 1.54) is 24.3 Å². The first kappa shape index (κ1) is 21.7. The molecule has 0 radical (unpaired) electrons. The number of rotatable bonds is 8. The second-order valence-corrected chi connectivity index (χ2v) is 5.90. The van der Waals surface area contributed by atoms with Gasteiger partial charge in [-0.05, 0) is 30.7 Å². The zero-order valence-corrected chi connectivity index (χ0v) is 15.4. The number of aromatic nitrogens is 1. The van der Waals surface area contributed by atoms with Gasteiger partial charge in [-0.15, -0.1) is 0 Å². The molecule has 0 aliphatic carbocycles. The lowest BCUT2D eigenvalue weighted by molar-refractivity contribution is -0.140. The van der Waals surface area contributed by atoms with Gasteiger partial charge in [0.05, 0.1) is 0 Å². The fourth-order valence-corrected chi connectivity index (χ4v) is 2.42. The highest BCUT2D eigenvalue weighted by molar-refractivity contribution is 5.94. The minimum absolute atomic E-state index is 0.0914. The van der Waals surface area contributed by atoms with Crippen molar-refractivity contribution in [2.24, 2.45) is 5.73 Å². The normalized spacial score (nSPS) is 11.8. The van der Waals surface area contributed by atoms with E-state index >= 15 is 0 Å². The lowest BCUT2D eigenvalue weighted by Gasteiger charge is -2.14. The molecule has 1 amide bonds. The monoisotopic (exact) mass is 408 g/mol. The second-order valence-electron chi connectivity index (χ2n) is 5.90. The van der Waals surface area contributed by atoms with Crippen molar-refractivity contribution in [1.29, 1.82) is 5.41 Å². The van der Waals surface area contributed by atoms with Crippen molar-refractivity contribution < 1.29 is 22.7 Å². The van der Waals surface area contributed by atoms with Gasteiger partial charge in [-0.25, -0.2) is 0 Å². The lowest BCUT2D eigenvalue weighted by atomic mass is 10.0. The number of halogens is 3. The van der Waals surface area contributed by atoms with Gasteiger partial charge in [0.1, 0.15) is 23.6 Å². The minimum Gasteiger partial charge on any atom is -0.489 e. The first-order chi connectivity index (χ1) is 13.7. The summed E-state index contributed by atoms with van der Waals surface area (Å²) in [7, 11) is 0. The van der Waals surface area contributed by atoms with Crippen molar-refractivity contribution in [3.05, 3.63) is 63.7 Å². The van der Waals surface area contributed by atoms with Crippen molar-refractivity contribution in [2.75, 3.05) is 13.2 Å². The van der Waals surface area contributed by atoms with Crippen LogP contribution in [0.5, 0.6) is 5.75 Å². The summed E-state index contributed by atoms with van der Waals surface area (Å²) in [5, 5.41) is 10.3. The van der Waals surface area contributed by atoms with Crippen molar-refractivity contribution in [3.63, 3.8) is 0 Å². The van der Waals surface area contributed by atoms with E-state index in [1.54, 1.807) is 11.2 Å². The molecule has 0 spiro atoms. The topological polar surface area (TPSA) is 121 Å². The number of primary amides is 1. The van der Waals surface area contributed by atoms with Gasteiger partial charge >= 0.3 is 6.18 Å². The van der Waals surface area contributed by atoms with Crippen LogP contribution >= 0.6 is 0 Å². The largest absolute Gasteiger partial charge is 0.489 e. The predicted octanol–water partition coefficient (Wildman–Crippen LogP) is 2.68. The molecule has 7 nitrogen and oxygen atoms in total. The smallest absolute Gasteiger partial charge is 0.431 e. The lowest BCUT2D eigenvalue weighted by Crippen LogP contribution is -2.27. The Morgan fingerprint density at radius 2 is 1.97 bits per heavy atom. The van der Waals surface area contributed by atoms with Gasteiger partial charge in [0.2, 0.25) is 0 Å². The summed E-state index contributed by atoms with van der Waals surface area (Å²) < 4.78 is 45.5. The highest BCUT2D eigenvalue weighted by atomic mass is 19.4. The van der Waals surface area contributed by atoms with E-state index in [9.17, 15) is 22.8 Å². The summed E-state index contributed by atoms with van der Waals surface area (Å²) in [6.45, 7) is 2.67. The number of pyridine rings is 1. The van der Waals surface area contributed by atoms with Gasteiger partial charge in [0.25, 0.3) is 11.5 Å². The number of hydrogen-bond acceptors (Lipinski definition) is 5. The maximum Gasteiger partial charge on any atom is 0.431 e. The number of ether oxygens (including phenoxy) is 1. The van der Waals surface area contributed by atoms with E-state index in [4.69, 9.17) is 15.9 Å². The van der Waals surface area contributed by atoms with Crippen LogP contribution in [0.4, 0.5) is 13.2 Å². The number of carbonyl (C=O) groups excluding carboxylic acids is 1. The first-order valence-corrected chi connectivity index (χ1v) is 8.47. The Bertz CT molecular complexity index is 980. The Morgan fingerprint density at radius 1 is 1.31 bits per heavy atom. The molecular weight excluding hydrogens is 389 g/mol. The molecule has 29 heavy (non-hydrogen) atoms. The van der Waals surface area contributed by atoms with Crippen molar-refractivity contribution in [1.82, 2.24) is 10.3 Å². The molecular formula is C19H19F3N4O3. The van der Waals surface area contributed by atoms with Crippen LogP contribution < -0.4 is 21.3 Å². The Labute approximate surface area is 163 Å². The van der Waals surface area contributed by atoms with Gasteiger partial charge in [-0.1, -0.05) is 12.1 Å². The van der Waals surface area contributed by atoms with Crippen molar-refractivity contribution in [3.8, 4) is 16.9 Å². The molecule has 0 saturated heterocycles. The quantitative estimate of drug-likeness (QED) is 0.502. The Balaban J connectivity index is 2.36. The molecule has 0 aliphatic rings. The van der Waals surface area contributed by atoms with E-state index in [0.29, 0.717) is 17.9 Å². The summed E-state index contributed by atoms with van der Waals surface area (Å²) >= 11 is 0. The molecule has 154 valence electrons. The van der Waals surface area contributed by atoms with E-state index in [2.05, 4.69) is 5.32 Å². The standard InChI is InChI=1S/C19H19F3N4O3/c1-2-25-9-11(8-23)10-29-13-5-3-12(4-6-13)14-7-15(17(24)27)18(28)26-16(14)19(20,21)22/h3-9,23,25H,2,10H2,1H3,(H2,24,27)(H,26,28)/b11-9+,23-8?. The van der Waals surface area contributed by atoms with E-state index < -0.39 is 28.9 Å². The molecule has 1 aromatic carbocycles. The molecule has 0 unspecified atom stereocenters. The van der Waals surface area contributed by atoms with Crippen LogP contribution in [0.15, 0.2) is 46.9 Å². The summed E-state index contributed by atoms with van der Waals surface area (Å²) in [6, 6.07) is 6.44. The van der Waals surface area contributed by atoms with E-state index in [-0.39, 0.29) is 17.7 Å². The highest BCUT2D eigenvalue weighted by Crippen LogP contribution is 2.35. The molecule has 0 saturated carbocycles. The number of nitrogens with two attached hydrogens (primary N) is 1. The van der Waals surface area contributed by atoms with Crippen LogP contribution in [0.25, 0.3) is 11.1 Å². The van der Waals surface area contributed by atoms with Crippen LogP contribution in [0.2, 0.25) is 0 Å². The number of alkyl halides is 3. The number of benzene rings is 1. The van der Waals surface area contributed by atoms with Crippen molar-refractivity contribution in [2.45, 2.75) is 13.1 Å². The predicted molar refractivity (Wildman–Crippen MR) is 102 cm³/mol. The van der Waals surface area contributed by atoms with Crippen LogP contribution in [0.1, 0.15) is 23.0 Å². The zero-order valence-electron chi connectivity index (χ0n) is 15.4. The second kappa shape index (κ2) is 9.09. The molecule has 1 heterocycles. The molecule has 1 aromatic heterocycles. The fourth-order valence-electron chi connectivity index (χ4n) is 2.42. The van der Waals surface area contributed by atoms with E-state index in [1.807, 2.05) is 6.92 Å². The zero-order chi connectivity index (χ0) is 21.6. The maximum atomic E-state index is 13.3. The van der Waals surface area contributed by atoms with E-state index in [0.717, 1.165) is 12.3 Å². The average molecular weight is 408 g/mol.